The van der Waals surface area contributed by atoms with Crippen LogP contribution in [-0.4, -0.2) is 62.6 Å². The van der Waals surface area contributed by atoms with E-state index >= 15 is 0 Å². The Kier molecular flexibility index (Phi) is 4.06. The van der Waals surface area contributed by atoms with Crippen molar-refractivity contribution in [2.75, 3.05) is 11.5 Å². The average Bonchev–Trinajstić information content (AvgIpc) is 3.52. The number of anilines is 2. The van der Waals surface area contributed by atoms with E-state index in [1.807, 2.05) is 11.0 Å². The van der Waals surface area contributed by atoms with Crippen LogP contribution in [0.5, 0.6) is 0 Å². The molecule has 2 aliphatic heterocycles. The van der Waals surface area contributed by atoms with Crippen LogP contribution in [0.4, 0.5) is 11.8 Å². The Morgan fingerprint density at radius 3 is 2.50 bits per heavy atom. The summed E-state index contributed by atoms with van der Waals surface area (Å²) in [6.45, 7) is 0. The number of aromatic nitrogens is 8. The molecule has 6 heterocycles. The number of piperidine rings is 1. The van der Waals surface area contributed by atoms with E-state index in [4.69, 9.17) is 16.5 Å². The van der Waals surface area contributed by atoms with Gasteiger partial charge in [-0.2, -0.15) is 14.7 Å². The number of aromatic amines is 1. The van der Waals surface area contributed by atoms with Gasteiger partial charge < -0.3 is 16.4 Å². The Morgan fingerprint density at radius 1 is 1.06 bits per heavy atom. The van der Waals surface area contributed by atoms with E-state index in [2.05, 4.69) is 30.2 Å². The second kappa shape index (κ2) is 6.97. The van der Waals surface area contributed by atoms with Crippen LogP contribution in [0.1, 0.15) is 47.9 Å². The lowest BCUT2D eigenvalue weighted by molar-refractivity contribution is 0.0557. The summed E-state index contributed by atoms with van der Waals surface area (Å²) in [5.74, 6) is 1.13. The highest BCUT2D eigenvalue weighted by atomic mass is 16.2. The summed E-state index contributed by atoms with van der Waals surface area (Å²) in [4.78, 5) is 32.0. The van der Waals surface area contributed by atoms with Crippen molar-refractivity contribution in [1.82, 2.24) is 44.6 Å². The Balaban J connectivity index is 1.33. The highest BCUT2D eigenvalue weighted by Gasteiger charge is 2.45. The van der Waals surface area contributed by atoms with Crippen molar-refractivity contribution in [3.8, 4) is 11.1 Å². The molecular formula is C20H21N11O. The van der Waals surface area contributed by atoms with Gasteiger partial charge in [-0.3, -0.25) is 9.89 Å². The smallest absolute Gasteiger partial charge is 0.291 e. The van der Waals surface area contributed by atoms with Crippen LogP contribution in [-0.2, 0) is 0 Å². The topological polar surface area (TPSA) is 170 Å². The fourth-order valence-electron chi connectivity index (χ4n) is 5.08. The number of nitrogens with one attached hydrogen (secondary N) is 1. The lowest BCUT2D eigenvalue weighted by Gasteiger charge is -2.38. The summed E-state index contributed by atoms with van der Waals surface area (Å²) in [6, 6.07) is 2.18. The molecule has 6 rings (SSSR count). The summed E-state index contributed by atoms with van der Waals surface area (Å²) in [5.41, 5.74) is 15.1. The zero-order valence-electron chi connectivity index (χ0n) is 17.1. The number of nitrogens with zero attached hydrogens (tertiary/aromatic N) is 8. The second-order valence-electron chi connectivity index (χ2n) is 8.33. The van der Waals surface area contributed by atoms with Gasteiger partial charge in [0.05, 0.1) is 6.20 Å². The predicted octanol–water partition coefficient (Wildman–Crippen LogP) is 1.02. The SMILES string of the molecule is Nc1ncc(-c2cnn3c(N)cc(C4CC5CCC(C4)N5C(=O)c4ncn[nH]4)nc23)cn1. The van der Waals surface area contributed by atoms with Crippen LogP contribution in [0.15, 0.2) is 31.0 Å². The molecule has 0 saturated carbocycles. The van der Waals surface area contributed by atoms with E-state index < -0.39 is 0 Å². The molecule has 2 bridgehead atoms. The molecule has 2 fully saturated rings. The monoisotopic (exact) mass is 431 g/mol. The van der Waals surface area contributed by atoms with Crippen molar-refractivity contribution in [2.45, 2.75) is 43.7 Å². The van der Waals surface area contributed by atoms with Crippen LogP contribution in [0.25, 0.3) is 16.8 Å². The lowest BCUT2D eigenvalue weighted by atomic mass is 9.87. The number of fused-ring (bicyclic) bond motifs is 3. The van der Waals surface area contributed by atoms with Crippen LogP contribution in [0.3, 0.4) is 0 Å². The molecule has 162 valence electrons. The van der Waals surface area contributed by atoms with Gasteiger partial charge in [0.25, 0.3) is 5.91 Å². The first-order valence-corrected chi connectivity index (χ1v) is 10.5. The van der Waals surface area contributed by atoms with Crippen LogP contribution < -0.4 is 11.5 Å². The normalized spacial score (nSPS) is 22.5. The Bertz CT molecular complexity index is 1280. The maximum atomic E-state index is 12.9. The fraction of sp³-hybridized carbons (Fsp3) is 0.350. The molecule has 4 aromatic rings. The number of nitrogen functional groups attached to an aromatic ring is 2. The lowest BCUT2D eigenvalue weighted by Crippen LogP contribution is -2.46. The molecule has 2 unspecified atom stereocenters. The average molecular weight is 431 g/mol. The molecule has 2 saturated heterocycles. The quantitative estimate of drug-likeness (QED) is 0.428. The van der Waals surface area contributed by atoms with Gasteiger partial charge in [-0.15, -0.1) is 0 Å². The minimum Gasteiger partial charge on any atom is -0.384 e. The molecule has 0 aliphatic carbocycles. The first kappa shape index (κ1) is 18.7. The first-order valence-electron chi connectivity index (χ1n) is 10.5. The number of amides is 1. The van der Waals surface area contributed by atoms with Crippen molar-refractivity contribution in [3.63, 3.8) is 0 Å². The van der Waals surface area contributed by atoms with Crippen molar-refractivity contribution in [1.29, 1.82) is 0 Å². The molecule has 2 aliphatic rings. The summed E-state index contributed by atoms with van der Waals surface area (Å²) in [7, 11) is 0. The molecule has 0 spiro atoms. The highest BCUT2D eigenvalue weighted by Crippen LogP contribution is 2.43. The standard InChI is InChI=1S/C20H21N11O/c21-16-5-15(28-18-14(8-27-31(16)18)11-6-23-20(22)24-7-11)10-3-12-1-2-13(4-10)30(12)19(32)17-25-9-26-29-17/h5-10,12-13H,1-4,21H2,(H2,22,23,24)(H,25,26,29). The highest BCUT2D eigenvalue weighted by molar-refractivity contribution is 5.91. The third-order valence-electron chi connectivity index (χ3n) is 6.51. The third-order valence-corrected chi connectivity index (χ3v) is 6.51. The number of hydrogen-bond acceptors (Lipinski definition) is 9. The van der Waals surface area contributed by atoms with Crippen LogP contribution in [0, 0.1) is 0 Å². The van der Waals surface area contributed by atoms with Gasteiger partial charge in [0.15, 0.2) is 5.65 Å². The molecule has 12 nitrogen and oxygen atoms in total. The summed E-state index contributed by atoms with van der Waals surface area (Å²) in [5, 5.41) is 10.9. The molecule has 0 radical (unpaired) electrons. The predicted molar refractivity (Wildman–Crippen MR) is 114 cm³/mol. The minimum absolute atomic E-state index is 0.0854. The van der Waals surface area contributed by atoms with E-state index in [0.29, 0.717) is 17.3 Å². The summed E-state index contributed by atoms with van der Waals surface area (Å²) in [6.07, 6.45) is 9.97. The van der Waals surface area contributed by atoms with Gasteiger partial charge >= 0.3 is 0 Å². The van der Waals surface area contributed by atoms with E-state index in [0.717, 1.165) is 42.5 Å². The van der Waals surface area contributed by atoms with Gasteiger partial charge in [-0.05, 0) is 25.7 Å². The summed E-state index contributed by atoms with van der Waals surface area (Å²) >= 11 is 0. The van der Waals surface area contributed by atoms with E-state index in [1.165, 1.54) is 6.33 Å². The van der Waals surface area contributed by atoms with Crippen LogP contribution >= 0.6 is 0 Å². The van der Waals surface area contributed by atoms with E-state index in [9.17, 15) is 4.79 Å². The maximum absolute atomic E-state index is 12.9. The Morgan fingerprint density at radius 2 is 1.81 bits per heavy atom. The minimum atomic E-state index is -0.0854. The molecular weight excluding hydrogens is 410 g/mol. The Hall–Kier alpha value is -4.09. The second-order valence-corrected chi connectivity index (χ2v) is 8.33. The van der Waals surface area contributed by atoms with E-state index in [-0.39, 0.29) is 29.9 Å². The largest absolute Gasteiger partial charge is 0.384 e. The van der Waals surface area contributed by atoms with Crippen molar-refractivity contribution in [2.24, 2.45) is 0 Å². The maximum Gasteiger partial charge on any atom is 0.291 e. The first-order chi connectivity index (χ1) is 15.6. The summed E-state index contributed by atoms with van der Waals surface area (Å²) < 4.78 is 1.62. The molecule has 32 heavy (non-hydrogen) atoms. The molecule has 2 atom stereocenters. The molecule has 5 N–H and O–H groups in total. The fourth-order valence-corrected chi connectivity index (χ4v) is 5.08. The number of nitrogens with two attached hydrogens (primary N) is 2. The zero-order chi connectivity index (χ0) is 21.8. The van der Waals surface area contributed by atoms with Gasteiger partial charge in [0, 0.05) is 53.3 Å². The van der Waals surface area contributed by atoms with Crippen LogP contribution in [0.2, 0.25) is 0 Å². The number of H-pyrrole nitrogens is 1. The number of hydrogen-bond donors (Lipinski definition) is 3. The van der Waals surface area contributed by atoms with Gasteiger partial charge in [0.1, 0.15) is 12.1 Å². The zero-order valence-corrected chi connectivity index (χ0v) is 17.1. The van der Waals surface area contributed by atoms with Crippen molar-refractivity contribution in [3.05, 3.63) is 42.5 Å². The molecule has 1 amide bonds. The number of carbonyl (C=O) groups is 1. The van der Waals surface area contributed by atoms with Crippen molar-refractivity contribution >= 4 is 23.3 Å². The third kappa shape index (κ3) is 2.87. The molecule has 4 aromatic heterocycles. The van der Waals surface area contributed by atoms with Crippen molar-refractivity contribution < 1.29 is 4.79 Å². The van der Waals surface area contributed by atoms with Gasteiger partial charge in [-0.1, -0.05) is 0 Å². The van der Waals surface area contributed by atoms with E-state index in [1.54, 1.807) is 23.1 Å². The Labute approximate surface area is 182 Å². The number of carbonyl (C=O) groups excluding carboxylic acids is 1. The number of rotatable bonds is 3. The molecule has 0 aromatic carbocycles. The van der Waals surface area contributed by atoms with Gasteiger partial charge in [-0.25, -0.2) is 19.9 Å². The van der Waals surface area contributed by atoms with Gasteiger partial charge in [0.2, 0.25) is 11.8 Å². The molecule has 12 heteroatoms.